The van der Waals surface area contributed by atoms with Gasteiger partial charge in [0.15, 0.2) is 18.4 Å². The molecule has 0 spiro atoms. The highest BCUT2D eigenvalue weighted by Crippen LogP contribution is 2.44. The zero-order chi connectivity index (χ0) is 29.4. The van der Waals surface area contributed by atoms with E-state index in [-0.39, 0.29) is 11.3 Å². The van der Waals surface area contributed by atoms with Gasteiger partial charge in [-0.1, -0.05) is 42.5 Å². The summed E-state index contributed by atoms with van der Waals surface area (Å²) in [4.78, 5) is 27.1. The first-order chi connectivity index (χ1) is 20.0. The number of anilines is 1. The van der Waals surface area contributed by atoms with Crippen LogP contribution in [0.1, 0.15) is 95.2 Å². The van der Waals surface area contributed by atoms with Crippen molar-refractivity contribution in [2.24, 2.45) is 0 Å². The van der Waals surface area contributed by atoms with E-state index in [4.69, 9.17) is 23.7 Å². The maximum atomic E-state index is 14.4. The van der Waals surface area contributed by atoms with Gasteiger partial charge >= 0.3 is 5.97 Å². The number of carbonyl (C=O) groups is 2. The van der Waals surface area contributed by atoms with E-state index in [1.54, 1.807) is 12.1 Å². The molecular weight excluding hydrogens is 522 g/mol. The lowest BCUT2D eigenvalue weighted by molar-refractivity contribution is -0.140. The van der Waals surface area contributed by atoms with E-state index in [0.29, 0.717) is 37.7 Å². The summed E-state index contributed by atoms with van der Waals surface area (Å²) in [6.45, 7) is 9.62. The Morgan fingerprint density at radius 3 is 1.80 bits per heavy atom. The molecule has 1 N–H and O–H groups in total. The van der Waals surface area contributed by atoms with Gasteiger partial charge in [0.25, 0.3) is 0 Å². The lowest BCUT2D eigenvalue weighted by Gasteiger charge is -2.35. The Balaban J connectivity index is 1.86. The monoisotopic (exact) mass is 561 g/mol. The van der Waals surface area contributed by atoms with E-state index < -0.39 is 30.5 Å². The Morgan fingerprint density at radius 1 is 0.756 bits per heavy atom. The minimum Gasteiger partial charge on any atom is -0.465 e. The van der Waals surface area contributed by atoms with E-state index in [1.165, 1.54) is 7.11 Å². The molecule has 8 heteroatoms. The van der Waals surface area contributed by atoms with Crippen molar-refractivity contribution in [1.29, 1.82) is 0 Å². The Bertz CT molecular complexity index is 1330. The smallest absolute Gasteiger partial charge is 0.338 e. The summed E-state index contributed by atoms with van der Waals surface area (Å²) < 4.78 is 28.4. The summed E-state index contributed by atoms with van der Waals surface area (Å²) >= 11 is 0. The summed E-state index contributed by atoms with van der Waals surface area (Å²) in [5.41, 5.74) is 4.45. The van der Waals surface area contributed by atoms with Crippen LogP contribution < -0.4 is 5.32 Å². The third-order valence-corrected chi connectivity index (χ3v) is 7.00. The largest absolute Gasteiger partial charge is 0.465 e. The molecule has 0 bridgehead atoms. The first-order valence-corrected chi connectivity index (χ1v) is 14.1. The van der Waals surface area contributed by atoms with E-state index in [2.05, 4.69) is 5.32 Å². The molecule has 0 aromatic heterocycles. The van der Waals surface area contributed by atoms with Gasteiger partial charge < -0.3 is 29.0 Å². The number of fused-ring (bicyclic) bond motifs is 1. The Morgan fingerprint density at radius 2 is 1.27 bits per heavy atom. The van der Waals surface area contributed by atoms with E-state index in [1.807, 2.05) is 82.3 Å². The third kappa shape index (κ3) is 6.68. The zero-order valence-electron chi connectivity index (χ0n) is 24.3. The van der Waals surface area contributed by atoms with Crippen LogP contribution in [0, 0.1) is 0 Å². The summed E-state index contributed by atoms with van der Waals surface area (Å²) in [7, 11) is 1.31. The highest BCUT2D eigenvalue weighted by atomic mass is 16.7. The van der Waals surface area contributed by atoms with Gasteiger partial charge in [0.1, 0.15) is 0 Å². The van der Waals surface area contributed by atoms with Gasteiger partial charge in [-0.05, 0) is 63.1 Å². The van der Waals surface area contributed by atoms with Gasteiger partial charge in [-0.3, -0.25) is 4.79 Å². The number of carbonyl (C=O) groups excluding carboxylic acids is 2. The fourth-order valence-corrected chi connectivity index (χ4v) is 5.28. The fraction of sp³-hybridized carbons (Fsp3) is 0.394. The van der Waals surface area contributed by atoms with Crippen LogP contribution in [0.3, 0.4) is 0 Å². The number of ketones is 1. The second-order valence-electron chi connectivity index (χ2n) is 9.51. The molecule has 2 atom stereocenters. The van der Waals surface area contributed by atoms with Gasteiger partial charge in [-0.25, -0.2) is 4.79 Å². The van der Waals surface area contributed by atoms with Gasteiger partial charge in [-0.15, -0.1) is 0 Å². The van der Waals surface area contributed by atoms with Crippen LogP contribution in [0.2, 0.25) is 0 Å². The molecule has 3 aromatic rings. The van der Waals surface area contributed by atoms with Crippen LogP contribution in [0.15, 0.2) is 66.7 Å². The number of esters is 1. The lowest BCUT2D eigenvalue weighted by atomic mass is 9.76. The van der Waals surface area contributed by atoms with Gasteiger partial charge in [-0.2, -0.15) is 0 Å². The highest BCUT2D eigenvalue weighted by Gasteiger charge is 2.40. The van der Waals surface area contributed by atoms with Crippen LogP contribution in [0.4, 0.5) is 5.69 Å². The number of benzene rings is 3. The lowest BCUT2D eigenvalue weighted by Crippen LogP contribution is -2.33. The molecule has 1 aliphatic rings. The minimum absolute atomic E-state index is 0.178. The molecule has 8 nitrogen and oxygen atoms in total. The average molecular weight is 562 g/mol. The highest BCUT2D eigenvalue weighted by molar-refractivity contribution is 6.14. The number of hydrogen-bond donors (Lipinski definition) is 1. The van der Waals surface area contributed by atoms with Gasteiger partial charge in [0.05, 0.1) is 30.2 Å². The van der Waals surface area contributed by atoms with Crippen molar-refractivity contribution in [2.75, 3.05) is 38.9 Å². The molecule has 1 heterocycles. The standard InChI is InChI=1S/C33H39NO7/c1-6-38-32(39-7-2)23-15-10-13-21(19-23)27-29(22-14-11-16-24(20-22)33(40-8-3)41-9-4)34-26-18-12-17-25(31(36)37-5)28(26)30(27)35/h10-20,27,29,32-34H,6-9H2,1-5H3. The van der Waals surface area contributed by atoms with Crippen molar-refractivity contribution in [1.82, 2.24) is 0 Å². The molecule has 0 saturated heterocycles. The average Bonchev–Trinajstić information content (AvgIpc) is 3.00. The van der Waals surface area contributed by atoms with E-state index in [0.717, 1.165) is 22.3 Å². The van der Waals surface area contributed by atoms with Crippen molar-refractivity contribution in [3.63, 3.8) is 0 Å². The fourth-order valence-electron chi connectivity index (χ4n) is 5.28. The Hall–Kier alpha value is -3.56. The van der Waals surface area contributed by atoms with E-state index >= 15 is 0 Å². The SMILES string of the molecule is CCOC(OCC)c1cccc(C2Nc3cccc(C(=O)OC)c3C(=O)C2c2cccc(C(OCC)OCC)c2)c1. The van der Waals surface area contributed by atoms with Crippen molar-refractivity contribution < 1.29 is 33.3 Å². The summed E-state index contributed by atoms with van der Waals surface area (Å²) in [6.07, 6.45) is -1.09. The molecule has 218 valence electrons. The number of methoxy groups -OCH3 is 1. The predicted molar refractivity (Wildman–Crippen MR) is 156 cm³/mol. The predicted octanol–water partition coefficient (Wildman–Crippen LogP) is 6.75. The molecule has 0 radical (unpaired) electrons. The number of rotatable bonds is 13. The quantitative estimate of drug-likeness (QED) is 0.181. The molecule has 1 aliphatic heterocycles. The van der Waals surface area contributed by atoms with Gasteiger partial charge in [0.2, 0.25) is 0 Å². The van der Waals surface area contributed by atoms with E-state index in [9.17, 15) is 9.59 Å². The summed E-state index contributed by atoms with van der Waals surface area (Å²) in [6, 6.07) is 20.3. The Kier molecular flexibility index (Phi) is 10.7. The first kappa shape index (κ1) is 30.4. The Labute approximate surface area is 241 Å². The summed E-state index contributed by atoms with van der Waals surface area (Å²) in [5, 5.41) is 3.57. The molecular formula is C33H39NO7. The second kappa shape index (κ2) is 14.4. The number of nitrogens with one attached hydrogen (secondary N) is 1. The normalized spacial score (nSPS) is 16.5. The van der Waals surface area contributed by atoms with Crippen molar-refractivity contribution in [2.45, 2.75) is 52.2 Å². The molecule has 4 rings (SSSR count). The number of Topliss-reactive ketones (excluding diaryl/α,β-unsaturated/α-hetero) is 1. The van der Waals surface area contributed by atoms with Crippen LogP contribution in [0.25, 0.3) is 0 Å². The van der Waals surface area contributed by atoms with Crippen molar-refractivity contribution in [3.8, 4) is 0 Å². The van der Waals surface area contributed by atoms with Gasteiger partial charge in [0, 0.05) is 43.2 Å². The van der Waals surface area contributed by atoms with Crippen LogP contribution in [-0.2, 0) is 23.7 Å². The number of ether oxygens (including phenoxy) is 5. The van der Waals surface area contributed by atoms with Crippen molar-refractivity contribution in [3.05, 3.63) is 100 Å². The molecule has 3 aromatic carbocycles. The number of hydrogen-bond acceptors (Lipinski definition) is 8. The van der Waals surface area contributed by atoms with Crippen LogP contribution >= 0.6 is 0 Å². The maximum Gasteiger partial charge on any atom is 0.338 e. The van der Waals surface area contributed by atoms with Crippen molar-refractivity contribution >= 4 is 17.4 Å². The molecule has 2 unspecified atom stereocenters. The minimum atomic E-state index is -0.662. The molecule has 0 saturated carbocycles. The summed E-state index contributed by atoms with van der Waals surface area (Å²) in [5.74, 6) is -1.40. The maximum absolute atomic E-state index is 14.4. The van der Waals surface area contributed by atoms with Crippen LogP contribution in [0.5, 0.6) is 0 Å². The third-order valence-electron chi connectivity index (χ3n) is 7.00. The zero-order valence-corrected chi connectivity index (χ0v) is 24.3. The molecule has 41 heavy (non-hydrogen) atoms. The second-order valence-corrected chi connectivity index (χ2v) is 9.51. The molecule has 0 amide bonds. The molecule has 0 fully saturated rings. The van der Waals surface area contributed by atoms with Crippen LogP contribution in [-0.4, -0.2) is 45.3 Å². The topological polar surface area (TPSA) is 92.3 Å². The molecule has 0 aliphatic carbocycles. The first-order valence-electron chi connectivity index (χ1n) is 14.1.